The lowest BCUT2D eigenvalue weighted by Crippen LogP contribution is -1.99. The van der Waals surface area contributed by atoms with Crippen molar-refractivity contribution in [3.8, 4) is 0 Å². The van der Waals surface area contributed by atoms with Gasteiger partial charge in [0.2, 0.25) is 0 Å². The molecule has 0 aliphatic heterocycles. The van der Waals surface area contributed by atoms with Crippen molar-refractivity contribution < 1.29 is 0 Å². The molecule has 0 saturated carbocycles. The number of unbranched alkanes of at least 4 members (excludes halogenated alkanes) is 2. The van der Waals surface area contributed by atoms with Crippen LogP contribution in [0.3, 0.4) is 0 Å². The second-order valence-corrected chi connectivity index (χ2v) is 5.39. The summed E-state index contributed by atoms with van der Waals surface area (Å²) in [6.45, 7) is 4.57. The summed E-state index contributed by atoms with van der Waals surface area (Å²) in [7, 11) is 0. The summed E-state index contributed by atoms with van der Waals surface area (Å²) in [4.78, 5) is 8.56. The van der Waals surface area contributed by atoms with Crippen LogP contribution in [0.2, 0.25) is 0 Å². The van der Waals surface area contributed by atoms with Gasteiger partial charge >= 0.3 is 0 Å². The van der Waals surface area contributed by atoms with E-state index in [0.29, 0.717) is 11.6 Å². The molecular formula is C15H25N5. The van der Waals surface area contributed by atoms with Crippen molar-refractivity contribution in [3.05, 3.63) is 18.1 Å². The number of fused-ring (bicyclic) bond motifs is 1. The van der Waals surface area contributed by atoms with Crippen LogP contribution in [0, 0.1) is 5.92 Å². The van der Waals surface area contributed by atoms with E-state index in [0.717, 1.165) is 24.6 Å². The second-order valence-electron chi connectivity index (χ2n) is 5.39. The second kappa shape index (κ2) is 7.22. The first kappa shape index (κ1) is 14.8. The average molecular weight is 275 g/mol. The van der Waals surface area contributed by atoms with Crippen LogP contribution in [-0.2, 0) is 6.42 Å². The van der Waals surface area contributed by atoms with Gasteiger partial charge < -0.3 is 5.73 Å². The minimum atomic E-state index is 0.586. The standard InChI is InChI=1S/C15H25N5/c1-3-12(4-2)8-6-5-7-9-14-18-15-17-11-10-13(16)20(15)19-14/h10-12H,3-9,16H2,1-2H3. The van der Waals surface area contributed by atoms with E-state index in [4.69, 9.17) is 5.73 Å². The number of hydrogen-bond donors (Lipinski definition) is 1. The molecule has 0 aliphatic carbocycles. The molecule has 2 aromatic heterocycles. The summed E-state index contributed by atoms with van der Waals surface area (Å²) < 4.78 is 1.61. The van der Waals surface area contributed by atoms with Crippen LogP contribution in [-0.4, -0.2) is 19.6 Å². The Kier molecular flexibility index (Phi) is 5.32. The Labute approximate surface area is 120 Å². The molecule has 110 valence electrons. The quantitative estimate of drug-likeness (QED) is 0.751. The van der Waals surface area contributed by atoms with Crippen LogP contribution >= 0.6 is 0 Å². The average Bonchev–Trinajstić information content (AvgIpc) is 2.87. The molecule has 5 heteroatoms. The molecule has 0 bridgehead atoms. The van der Waals surface area contributed by atoms with E-state index in [1.807, 2.05) is 0 Å². The normalized spacial score (nSPS) is 11.6. The van der Waals surface area contributed by atoms with Crippen LogP contribution in [0.15, 0.2) is 12.3 Å². The van der Waals surface area contributed by atoms with Gasteiger partial charge in [-0.25, -0.2) is 4.98 Å². The number of aryl methyl sites for hydroxylation is 1. The van der Waals surface area contributed by atoms with E-state index >= 15 is 0 Å². The first-order valence-corrected chi connectivity index (χ1v) is 7.70. The molecule has 0 aliphatic rings. The number of nitrogen functional groups attached to an aromatic ring is 1. The summed E-state index contributed by atoms with van der Waals surface area (Å²) in [6, 6.07) is 1.74. The zero-order valence-corrected chi connectivity index (χ0v) is 12.5. The molecule has 5 nitrogen and oxygen atoms in total. The minimum Gasteiger partial charge on any atom is -0.383 e. The smallest absolute Gasteiger partial charge is 0.254 e. The van der Waals surface area contributed by atoms with Gasteiger partial charge in [-0.05, 0) is 18.4 Å². The van der Waals surface area contributed by atoms with Gasteiger partial charge in [0.1, 0.15) is 5.82 Å². The highest BCUT2D eigenvalue weighted by Gasteiger charge is 2.07. The molecule has 0 saturated heterocycles. The third kappa shape index (κ3) is 3.68. The van der Waals surface area contributed by atoms with E-state index in [1.165, 1.54) is 32.1 Å². The molecule has 0 fully saturated rings. The maximum absolute atomic E-state index is 5.83. The van der Waals surface area contributed by atoms with Crippen LogP contribution in [0.1, 0.15) is 58.2 Å². The summed E-state index contributed by atoms with van der Waals surface area (Å²) >= 11 is 0. The lowest BCUT2D eigenvalue weighted by atomic mass is 9.96. The highest BCUT2D eigenvalue weighted by Crippen LogP contribution is 2.17. The number of nitrogens with zero attached hydrogens (tertiary/aromatic N) is 4. The topological polar surface area (TPSA) is 69.1 Å². The fourth-order valence-electron chi connectivity index (χ4n) is 2.55. The fraction of sp³-hybridized carbons (Fsp3) is 0.667. The number of hydrogen-bond acceptors (Lipinski definition) is 4. The number of aromatic nitrogens is 4. The van der Waals surface area contributed by atoms with Gasteiger partial charge in [-0.1, -0.05) is 46.0 Å². The lowest BCUT2D eigenvalue weighted by molar-refractivity contribution is 0.429. The van der Waals surface area contributed by atoms with Crippen molar-refractivity contribution in [1.29, 1.82) is 0 Å². The Bertz CT molecular complexity index is 530. The van der Waals surface area contributed by atoms with Gasteiger partial charge in [0.15, 0.2) is 5.82 Å². The van der Waals surface area contributed by atoms with Gasteiger partial charge in [0.25, 0.3) is 5.78 Å². The predicted molar refractivity (Wildman–Crippen MR) is 81.4 cm³/mol. The molecule has 2 aromatic rings. The molecular weight excluding hydrogens is 250 g/mol. The van der Waals surface area contributed by atoms with Gasteiger partial charge in [-0.2, -0.15) is 9.50 Å². The maximum Gasteiger partial charge on any atom is 0.254 e. The summed E-state index contributed by atoms with van der Waals surface area (Å²) in [5.41, 5.74) is 5.83. The van der Waals surface area contributed by atoms with Gasteiger partial charge in [0.05, 0.1) is 0 Å². The molecule has 2 heterocycles. The van der Waals surface area contributed by atoms with E-state index in [1.54, 1.807) is 16.8 Å². The molecule has 20 heavy (non-hydrogen) atoms. The molecule has 2 N–H and O–H groups in total. The zero-order valence-electron chi connectivity index (χ0n) is 12.5. The Hall–Kier alpha value is -1.65. The highest BCUT2D eigenvalue weighted by atomic mass is 15.3. The van der Waals surface area contributed by atoms with Crippen LogP contribution in [0.25, 0.3) is 5.78 Å². The van der Waals surface area contributed by atoms with Crippen LogP contribution in [0.5, 0.6) is 0 Å². The monoisotopic (exact) mass is 275 g/mol. The SMILES string of the molecule is CCC(CC)CCCCCc1nc2nccc(N)n2n1. The molecule has 0 aromatic carbocycles. The van der Waals surface area contributed by atoms with Crippen molar-refractivity contribution >= 4 is 11.6 Å². The molecule has 0 atom stereocenters. The van der Waals surface area contributed by atoms with Gasteiger partial charge in [-0.15, -0.1) is 5.10 Å². The fourth-order valence-corrected chi connectivity index (χ4v) is 2.55. The van der Waals surface area contributed by atoms with Crippen molar-refractivity contribution in [2.75, 3.05) is 5.73 Å². The predicted octanol–water partition coefficient (Wildman–Crippen LogP) is 3.25. The molecule has 0 radical (unpaired) electrons. The summed E-state index contributed by atoms with van der Waals surface area (Å²) in [5, 5.41) is 4.40. The molecule has 2 rings (SSSR count). The van der Waals surface area contributed by atoms with Crippen molar-refractivity contribution in [2.24, 2.45) is 5.92 Å². The third-order valence-electron chi connectivity index (χ3n) is 3.98. The Morgan fingerprint density at radius 3 is 2.70 bits per heavy atom. The minimum absolute atomic E-state index is 0.586. The maximum atomic E-state index is 5.83. The van der Waals surface area contributed by atoms with E-state index < -0.39 is 0 Å². The van der Waals surface area contributed by atoms with Crippen LogP contribution < -0.4 is 5.73 Å². The van der Waals surface area contributed by atoms with E-state index in [9.17, 15) is 0 Å². The van der Waals surface area contributed by atoms with Crippen molar-refractivity contribution in [2.45, 2.75) is 58.8 Å². The number of anilines is 1. The van der Waals surface area contributed by atoms with Crippen LogP contribution in [0.4, 0.5) is 5.82 Å². The lowest BCUT2D eigenvalue weighted by Gasteiger charge is -2.10. The Balaban J connectivity index is 1.77. The summed E-state index contributed by atoms with van der Waals surface area (Å²) in [5.74, 6) is 2.92. The van der Waals surface area contributed by atoms with E-state index in [-0.39, 0.29) is 0 Å². The van der Waals surface area contributed by atoms with Gasteiger partial charge in [0, 0.05) is 12.6 Å². The van der Waals surface area contributed by atoms with Gasteiger partial charge in [-0.3, -0.25) is 0 Å². The third-order valence-corrected chi connectivity index (χ3v) is 3.98. The van der Waals surface area contributed by atoms with Crippen molar-refractivity contribution in [3.63, 3.8) is 0 Å². The molecule has 0 spiro atoms. The first-order chi connectivity index (χ1) is 9.74. The molecule has 0 unspecified atom stereocenters. The largest absolute Gasteiger partial charge is 0.383 e. The Morgan fingerprint density at radius 1 is 1.20 bits per heavy atom. The number of rotatable bonds is 8. The van der Waals surface area contributed by atoms with Crippen molar-refractivity contribution in [1.82, 2.24) is 19.6 Å². The van der Waals surface area contributed by atoms with E-state index in [2.05, 4.69) is 28.9 Å². The highest BCUT2D eigenvalue weighted by molar-refractivity contribution is 5.38. The number of nitrogens with two attached hydrogens (primary N) is 1. The molecule has 0 amide bonds. The Morgan fingerprint density at radius 2 is 2.00 bits per heavy atom. The summed E-state index contributed by atoms with van der Waals surface area (Å²) in [6.07, 6.45) is 10.2. The zero-order chi connectivity index (χ0) is 14.4. The first-order valence-electron chi connectivity index (χ1n) is 7.70.